The van der Waals surface area contributed by atoms with Gasteiger partial charge in [-0.15, -0.1) is 6.58 Å². The van der Waals surface area contributed by atoms with E-state index in [0.29, 0.717) is 23.7 Å². The first kappa shape index (κ1) is 15.1. The summed E-state index contributed by atoms with van der Waals surface area (Å²) in [6.45, 7) is 10.5. The van der Waals surface area contributed by atoms with Gasteiger partial charge in [-0.1, -0.05) is 19.9 Å². The van der Waals surface area contributed by atoms with Gasteiger partial charge in [0.05, 0.1) is 6.10 Å². The van der Waals surface area contributed by atoms with Gasteiger partial charge >= 0.3 is 0 Å². The first-order valence-electron chi connectivity index (χ1n) is 8.81. The monoisotopic (exact) mass is 308 g/mol. The molecule has 5 aliphatic rings. The predicted molar refractivity (Wildman–Crippen MR) is 81.6 cm³/mol. The molecule has 0 N–H and O–H groups in total. The van der Waals surface area contributed by atoms with Gasteiger partial charge in [0, 0.05) is 12.3 Å². The van der Waals surface area contributed by atoms with Gasteiger partial charge in [-0.25, -0.2) is 9.78 Å². The van der Waals surface area contributed by atoms with Crippen molar-refractivity contribution in [3.8, 4) is 0 Å². The molecule has 4 saturated heterocycles. The third-order valence-corrected chi connectivity index (χ3v) is 6.69. The Labute approximate surface area is 133 Å². The van der Waals surface area contributed by atoms with Crippen molar-refractivity contribution in [3.63, 3.8) is 0 Å². The highest BCUT2D eigenvalue weighted by molar-refractivity contribution is 5.10. The Hall–Kier alpha value is -0.420. The summed E-state index contributed by atoms with van der Waals surface area (Å²) in [7, 11) is 0. The van der Waals surface area contributed by atoms with Crippen molar-refractivity contribution in [2.75, 3.05) is 0 Å². The molecule has 0 amide bonds. The molecule has 0 aromatic rings. The predicted octanol–water partition coefficient (Wildman–Crippen LogP) is 3.81. The van der Waals surface area contributed by atoms with Gasteiger partial charge in [0.1, 0.15) is 0 Å². The minimum absolute atomic E-state index is 0.165. The van der Waals surface area contributed by atoms with E-state index in [2.05, 4.69) is 20.4 Å². The Morgan fingerprint density at radius 3 is 2.73 bits per heavy atom. The molecule has 4 aliphatic heterocycles. The lowest BCUT2D eigenvalue weighted by Gasteiger charge is -2.60. The minimum Gasteiger partial charge on any atom is -0.346 e. The number of rotatable bonds is 2. The van der Waals surface area contributed by atoms with Crippen LogP contribution in [0.15, 0.2) is 12.7 Å². The van der Waals surface area contributed by atoms with Gasteiger partial charge in [0.2, 0.25) is 5.79 Å². The summed E-state index contributed by atoms with van der Waals surface area (Å²) < 4.78 is 12.7. The van der Waals surface area contributed by atoms with Crippen LogP contribution in [0.4, 0.5) is 0 Å². The van der Waals surface area contributed by atoms with E-state index in [0.717, 1.165) is 25.7 Å². The van der Waals surface area contributed by atoms with Gasteiger partial charge < -0.3 is 9.47 Å². The number of hydrogen-bond acceptors (Lipinski definition) is 4. The normalized spacial score (nSPS) is 57.0. The molecule has 4 heterocycles. The first-order valence-corrected chi connectivity index (χ1v) is 8.81. The summed E-state index contributed by atoms with van der Waals surface area (Å²) >= 11 is 0. The third kappa shape index (κ3) is 1.90. The van der Waals surface area contributed by atoms with Crippen LogP contribution in [0.1, 0.15) is 52.9 Å². The Morgan fingerprint density at radius 2 is 1.95 bits per heavy atom. The highest BCUT2D eigenvalue weighted by atomic mass is 17.3. The van der Waals surface area contributed by atoms with Crippen molar-refractivity contribution in [1.29, 1.82) is 0 Å². The Kier molecular flexibility index (Phi) is 3.46. The van der Waals surface area contributed by atoms with Crippen LogP contribution in [0.2, 0.25) is 0 Å². The third-order valence-electron chi connectivity index (χ3n) is 6.69. The molecular formula is C18H28O4. The quantitative estimate of drug-likeness (QED) is 0.574. The highest BCUT2D eigenvalue weighted by Gasteiger charge is 2.69. The van der Waals surface area contributed by atoms with E-state index in [9.17, 15) is 0 Å². The SMILES string of the molecule is C=CC[C@H]1O[C@@H]2O[C@@]3(C)CC[C@H]4[C@H](C)CC[C@H]([C@H]1C)[C@@]24OO3. The van der Waals surface area contributed by atoms with Crippen LogP contribution in [-0.4, -0.2) is 23.8 Å². The van der Waals surface area contributed by atoms with E-state index in [1.54, 1.807) is 0 Å². The van der Waals surface area contributed by atoms with Gasteiger partial charge in [-0.2, -0.15) is 0 Å². The maximum absolute atomic E-state index is 6.40. The summed E-state index contributed by atoms with van der Waals surface area (Å²) in [6, 6.07) is 0. The summed E-state index contributed by atoms with van der Waals surface area (Å²) in [4.78, 5) is 11.9. The molecule has 1 aliphatic carbocycles. The largest absolute Gasteiger partial charge is 0.346 e. The zero-order valence-corrected chi connectivity index (χ0v) is 13.9. The van der Waals surface area contributed by atoms with Crippen molar-refractivity contribution < 1.29 is 19.2 Å². The summed E-state index contributed by atoms with van der Waals surface area (Å²) in [5.74, 6) is 1.27. The Balaban J connectivity index is 1.77. The molecule has 1 saturated carbocycles. The maximum atomic E-state index is 6.40. The van der Waals surface area contributed by atoms with Crippen molar-refractivity contribution in [3.05, 3.63) is 12.7 Å². The van der Waals surface area contributed by atoms with Crippen LogP contribution in [0.5, 0.6) is 0 Å². The molecule has 1 spiro atoms. The second-order valence-corrected chi connectivity index (χ2v) is 7.97. The molecule has 124 valence electrons. The lowest BCUT2D eigenvalue weighted by Crippen LogP contribution is -2.70. The average molecular weight is 308 g/mol. The maximum Gasteiger partial charge on any atom is 0.201 e. The van der Waals surface area contributed by atoms with Crippen molar-refractivity contribution in [2.45, 2.75) is 76.7 Å². The molecule has 4 nitrogen and oxygen atoms in total. The van der Waals surface area contributed by atoms with Crippen LogP contribution in [0, 0.1) is 23.7 Å². The standard InChI is InChI=1S/C18H28O4/c1-5-6-15-12(3)14-8-7-11(2)13-9-10-17(4)20-16(19-15)18(13,14)22-21-17/h5,11-16H,1,6-10H2,2-4H3/t11-,12-,13+,14-,15-,16-,17-,18-/m1/s1. The Morgan fingerprint density at radius 1 is 1.14 bits per heavy atom. The molecule has 5 rings (SSSR count). The smallest absolute Gasteiger partial charge is 0.201 e. The van der Waals surface area contributed by atoms with Crippen LogP contribution in [0.3, 0.4) is 0 Å². The second-order valence-electron chi connectivity index (χ2n) is 7.97. The molecule has 8 atom stereocenters. The molecular weight excluding hydrogens is 280 g/mol. The first-order chi connectivity index (χ1) is 10.5. The van der Waals surface area contributed by atoms with Crippen LogP contribution < -0.4 is 0 Å². The highest BCUT2D eigenvalue weighted by Crippen LogP contribution is 2.60. The fourth-order valence-electron chi connectivity index (χ4n) is 5.41. The zero-order chi connectivity index (χ0) is 15.5. The van der Waals surface area contributed by atoms with Crippen LogP contribution in [0.25, 0.3) is 0 Å². The summed E-state index contributed by atoms with van der Waals surface area (Å²) in [5, 5.41) is 0. The minimum atomic E-state index is -0.670. The lowest BCUT2D eigenvalue weighted by molar-refractivity contribution is -0.571. The van der Waals surface area contributed by atoms with Gasteiger partial charge in [-0.05, 0) is 50.4 Å². The van der Waals surface area contributed by atoms with E-state index < -0.39 is 11.4 Å². The molecule has 22 heavy (non-hydrogen) atoms. The lowest BCUT2D eigenvalue weighted by atomic mass is 9.57. The fourth-order valence-corrected chi connectivity index (χ4v) is 5.41. The van der Waals surface area contributed by atoms with Crippen LogP contribution >= 0.6 is 0 Å². The van der Waals surface area contributed by atoms with Crippen molar-refractivity contribution in [2.24, 2.45) is 23.7 Å². The summed E-state index contributed by atoms with van der Waals surface area (Å²) in [5.41, 5.74) is -0.426. The topological polar surface area (TPSA) is 36.9 Å². The average Bonchev–Trinajstić information content (AvgIpc) is 2.71. The van der Waals surface area contributed by atoms with E-state index in [1.165, 1.54) is 6.42 Å². The molecule has 4 heteroatoms. The number of ether oxygens (including phenoxy) is 2. The Bertz CT molecular complexity index is 466. The number of hydrogen-bond donors (Lipinski definition) is 0. The van der Waals surface area contributed by atoms with E-state index in [-0.39, 0.29) is 12.4 Å². The molecule has 5 fully saturated rings. The van der Waals surface area contributed by atoms with Crippen molar-refractivity contribution >= 4 is 0 Å². The van der Waals surface area contributed by atoms with Crippen molar-refractivity contribution in [1.82, 2.24) is 0 Å². The second kappa shape index (κ2) is 5.04. The van der Waals surface area contributed by atoms with Gasteiger partial charge in [-0.3, -0.25) is 0 Å². The van der Waals surface area contributed by atoms with E-state index in [4.69, 9.17) is 19.2 Å². The van der Waals surface area contributed by atoms with E-state index in [1.807, 2.05) is 13.0 Å². The molecule has 0 unspecified atom stereocenters. The molecule has 0 aromatic carbocycles. The number of fused-ring (bicyclic) bond motifs is 2. The van der Waals surface area contributed by atoms with Gasteiger partial charge in [0.15, 0.2) is 11.9 Å². The molecule has 2 bridgehead atoms. The summed E-state index contributed by atoms with van der Waals surface area (Å²) in [6.07, 6.45) is 7.06. The van der Waals surface area contributed by atoms with Crippen LogP contribution in [-0.2, 0) is 19.2 Å². The van der Waals surface area contributed by atoms with E-state index >= 15 is 0 Å². The fraction of sp³-hybridized carbons (Fsp3) is 0.889. The molecule has 0 aromatic heterocycles. The van der Waals surface area contributed by atoms with Gasteiger partial charge in [0.25, 0.3) is 0 Å². The zero-order valence-electron chi connectivity index (χ0n) is 13.9. The molecule has 0 radical (unpaired) electrons.